The maximum absolute atomic E-state index is 12.8. The van der Waals surface area contributed by atoms with Gasteiger partial charge in [-0.3, -0.25) is 9.69 Å². The second-order valence-electron chi connectivity index (χ2n) is 8.01. The number of rotatable bonds is 5. The summed E-state index contributed by atoms with van der Waals surface area (Å²) >= 11 is 0. The topological polar surface area (TPSA) is 76.1 Å². The lowest BCUT2D eigenvalue weighted by atomic mass is 9.84. The van der Waals surface area contributed by atoms with Crippen LogP contribution in [0.1, 0.15) is 45.4 Å². The van der Waals surface area contributed by atoms with Crippen molar-refractivity contribution in [3.8, 4) is 0 Å². The van der Waals surface area contributed by atoms with Gasteiger partial charge in [0.1, 0.15) is 0 Å². The molecule has 142 valence electrons. The van der Waals surface area contributed by atoms with Crippen molar-refractivity contribution in [3.05, 3.63) is 0 Å². The number of carboxylic acids is 1. The Bertz CT molecular complexity index is 499. The van der Waals surface area contributed by atoms with Crippen LogP contribution in [0.3, 0.4) is 0 Å². The Kier molecular flexibility index (Phi) is 5.53. The summed E-state index contributed by atoms with van der Waals surface area (Å²) in [5.41, 5.74) is 0.0680. The average Bonchev–Trinajstić information content (AvgIpc) is 2.95. The van der Waals surface area contributed by atoms with Gasteiger partial charge < -0.3 is 20.2 Å². The number of likely N-dealkylation sites (N-methyl/N-ethyl adjacent to an activating group) is 1. The van der Waals surface area contributed by atoms with Crippen LogP contribution in [0, 0.1) is 0 Å². The van der Waals surface area contributed by atoms with Crippen molar-refractivity contribution in [2.45, 2.75) is 63.1 Å². The van der Waals surface area contributed by atoms with Crippen LogP contribution in [0.25, 0.3) is 0 Å². The highest BCUT2D eigenvalue weighted by molar-refractivity contribution is 5.76. The van der Waals surface area contributed by atoms with Gasteiger partial charge in [-0.05, 0) is 52.1 Å². The molecule has 0 radical (unpaired) electrons. The molecule has 0 aromatic rings. The van der Waals surface area contributed by atoms with Gasteiger partial charge in [-0.2, -0.15) is 0 Å². The molecule has 3 fully saturated rings. The zero-order valence-electron chi connectivity index (χ0n) is 15.5. The van der Waals surface area contributed by atoms with Crippen molar-refractivity contribution in [2.75, 3.05) is 39.8 Å². The highest BCUT2D eigenvalue weighted by Crippen LogP contribution is 2.38. The van der Waals surface area contributed by atoms with Crippen LogP contribution in [0.15, 0.2) is 0 Å². The van der Waals surface area contributed by atoms with Crippen molar-refractivity contribution >= 4 is 12.0 Å². The molecule has 2 saturated heterocycles. The van der Waals surface area contributed by atoms with Crippen LogP contribution < -0.4 is 5.32 Å². The molecule has 7 heteroatoms. The van der Waals surface area contributed by atoms with E-state index < -0.39 is 5.97 Å². The van der Waals surface area contributed by atoms with E-state index in [2.05, 4.69) is 22.2 Å². The Labute approximate surface area is 150 Å². The SMILES string of the molecule is CCN(CC(=O)O)C1CC(NC(=O)N2CCCC23CCN(C)CC3)C1. The predicted octanol–water partition coefficient (Wildman–Crippen LogP) is 1.19. The molecule has 1 spiro atoms. The van der Waals surface area contributed by atoms with Gasteiger partial charge in [0.25, 0.3) is 0 Å². The molecular formula is C18H32N4O3. The number of hydrogen-bond donors (Lipinski definition) is 2. The summed E-state index contributed by atoms with van der Waals surface area (Å²) in [5, 5.41) is 12.2. The largest absolute Gasteiger partial charge is 0.480 e. The van der Waals surface area contributed by atoms with Crippen molar-refractivity contribution < 1.29 is 14.7 Å². The maximum Gasteiger partial charge on any atom is 0.318 e. The molecule has 0 aromatic heterocycles. The number of likely N-dealkylation sites (tertiary alicyclic amines) is 2. The Morgan fingerprint density at radius 3 is 2.48 bits per heavy atom. The van der Waals surface area contributed by atoms with Crippen LogP contribution in [-0.4, -0.2) is 89.2 Å². The fraction of sp³-hybridized carbons (Fsp3) is 0.889. The summed E-state index contributed by atoms with van der Waals surface area (Å²) in [6.07, 6.45) is 6.10. The number of amides is 2. The normalized spacial score (nSPS) is 29.0. The highest BCUT2D eigenvalue weighted by Gasteiger charge is 2.46. The van der Waals surface area contributed by atoms with E-state index in [-0.39, 0.29) is 30.2 Å². The first-order valence-electron chi connectivity index (χ1n) is 9.66. The number of hydrogen-bond acceptors (Lipinski definition) is 4. The fourth-order valence-corrected chi connectivity index (χ4v) is 4.74. The molecule has 2 heterocycles. The molecule has 0 bridgehead atoms. The summed E-state index contributed by atoms with van der Waals surface area (Å²) in [7, 11) is 2.15. The number of piperidine rings is 1. The van der Waals surface area contributed by atoms with Crippen LogP contribution >= 0.6 is 0 Å². The maximum atomic E-state index is 12.8. The average molecular weight is 352 g/mol. The molecule has 0 atom stereocenters. The van der Waals surface area contributed by atoms with E-state index in [1.165, 1.54) is 0 Å². The first kappa shape index (κ1) is 18.5. The minimum Gasteiger partial charge on any atom is -0.480 e. The lowest BCUT2D eigenvalue weighted by Gasteiger charge is -2.46. The van der Waals surface area contributed by atoms with Crippen LogP contribution in [0.5, 0.6) is 0 Å². The van der Waals surface area contributed by atoms with E-state index in [1.807, 2.05) is 11.8 Å². The van der Waals surface area contributed by atoms with Crippen LogP contribution in [-0.2, 0) is 4.79 Å². The van der Waals surface area contributed by atoms with Gasteiger partial charge in [0.2, 0.25) is 0 Å². The summed E-state index contributed by atoms with van der Waals surface area (Å²) in [6.45, 7) is 5.81. The van der Waals surface area contributed by atoms with Gasteiger partial charge >= 0.3 is 12.0 Å². The lowest BCUT2D eigenvalue weighted by Crippen LogP contribution is -2.60. The van der Waals surface area contributed by atoms with Gasteiger partial charge in [-0.15, -0.1) is 0 Å². The van der Waals surface area contributed by atoms with Gasteiger partial charge in [0.15, 0.2) is 0 Å². The molecule has 7 nitrogen and oxygen atoms in total. The molecule has 2 amide bonds. The first-order valence-corrected chi connectivity index (χ1v) is 9.66. The predicted molar refractivity (Wildman–Crippen MR) is 95.6 cm³/mol. The number of carbonyl (C=O) groups is 2. The molecule has 0 unspecified atom stereocenters. The minimum absolute atomic E-state index is 0.0680. The van der Waals surface area contributed by atoms with Crippen molar-refractivity contribution in [1.82, 2.24) is 20.0 Å². The quantitative estimate of drug-likeness (QED) is 0.777. The smallest absolute Gasteiger partial charge is 0.318 e. The van der Waals surface area contributed by atoms with E-state index in [1.54, 1.807) is 0 Å². The fourth-order valence-electron chi connectivity index (χ4n) is 4.74. The van der Waals surface area contributed by atoms with E-state index in [0.29, 0.717) is 0 Å². The van der Waals surface area contributed by atoms with Crippen LogP contribution in [0.2, 0.25) is 0 Å². The third-order valence-electron chi connectivity index (χ3n) is 6.46. The van der Waals surface area contributed by atoms with Gasteiger partial charge in [-0.1, -0.05) is 6.92 Å². The molecule has 3 aliphatic rings. The number of carboxylic acid groups (broad SMARTS) is 1. The number of nitrogens with zero attached hydrogens (tertiary/aromatic N) is 3. The zero-order valence-corrected chi connectivity index (χ0v) is 15.5. The van der Waals surface area contributed by atoms with Crippen molar-refractivity contribution in [3.63, 3.8) is 0 Å². The monoisotopic (exact) mass is 352 g/mol. The standard InChI is InChI=1S/C18H32N4O3/c1-3-21(13-16(23)24)15-11-14(12-15)19-17(25)22-8-4-5-18(22)6-9-20(2)10-7-18/h14-15H,3-13H2,1-2H3,(H,19,25)(H,23,24). The summed E-state index contributed by atoms with van der Waals surface area (Å²) in [6, 6.07) is 0.554. The third-order valence-corrected chi connectivity index (χ3v) is 6.46. The second-order valence-corrected chi connectivity index (χ2v) is 8.01. The summed E-state index contributed by atoms with van der Waals surface area (Å²) < 4.78 is 0. The Hall–Kier alpha value is -1.34. The summed E-state index contributed by atoms with van der Waals surface area (Å²) in [4.78, 5) is 30.2. The lowest BCUT2D eigenvalue weighted by molar-refractivity contribution is -0.139. The first-order chi connectivity index (χ1) is 11.9. The van der Waals surface area contributed by atoms with E-state index >= 15 is 0 Å². The molecule has 1 saturated carbocycles. The van der Waals surface area contributed by atoms with E-state index in [0.717, 1.165) is 64.7 Å². The molecule has 1 aliphatic carbocycles. The molecule has 2 aliphatic heterocycles. The molecule has 3 rings (SSSR count). The molecule has 0 aromatic carbocycles. The Morgan fingerprint density at radius 2 is 1.88 bits per heavy atom. The van der Waals surface area contributed by atoms with Crippen LogP contribution in [0.4, 0.5) is 4.79 Å². The summed E-state index contributed by atoms with van der Waals surface area (Å²) in [5.74, 6) is -0.782. The number of urea groups is 1. The molecular weight excluding hydrogens is 320 g/mol. The van der Waals surface area contributed by atoms with Gasteiger partial charge in [0, 0.05) is 37.3 Å². The van der Waals surface area contributed by atoms with Crippen molar-refractivity contribution in [1.29, 1.82) is 0 Å². The molecule has 2 N–H and O–H groups in total. The zero-order chi connectivity index (χ0) is 18.0. The van der Waals surface area contributed by atoms with Gasteiger partial charge in [-0.25, -0.2) is 4.79 Å². The Morgan fingerprint density at radius 1 is 1.20 bits per heavy atom. The van der Waals surface area contributed by atoms with E-state index in [9.17, 15) is 9.59 Å². The third kappa shape index (κ3) is 3.92. The number of aliphatic carboxylic acids is 1. The van der Waals surface area contributed by atoms with E-state index in [4.69, 9.17) is 5.11 Å². The minimum atomic E-state index is -0.782. The van der Waals surface area contributed by atoms with Crippen molar-refractivity contribution in [2.24, 2.45) is 0 Å². The number of carbonyl (C=O) groups excluding carboxylic acids is 1. The highest BCUT2D eigenvalue weighted by atomic mass is 16.4. The number of nitrogens with one attached hydrogen (secondary N) is 1. The molecule has 25 heavy (non-hydrogen) atoms. The Balaban J connectivity index is 1.49. The van der Waals surface area contributed by atoms with Gasteiger partial charge in [0.05, 0.1) is 6.54 Å². The second kappa shape index (κ2) is 7.50.